The van der Waals surface area contributed by atoms with Gasteiger partial charge in [0.15, 0.2) is 6.61 Å². The molecule has 122 valence electrons. The van der Waals surface area contributed by atoms with Crippen LogP contribution in [0.3, 0.4) is 0 Å². The van der Waals surface area contributed by atoms with Crippen LogP contribution in [-0.2, 0) is 16.1 Å². The van der Waals surface area contributed by atoms with Crippen LogP contribution in [0.2, 0.25) is 10.3 Å². The number of carbonyl (C=O) groups excluding carboxylic acids is 1. The van der Waals surface area contributed by atoms with Gasteiger partial charge in [-0.05, 0) is 36.2 Å². The first kappa shape index (κ1) is 17.3. The number of aromatic nitrogens is 2. The van der Waals surface area contributed by atoms with E-state index < -0.39 is 11.5 Å². The van der Waals surface area contributed by atoms with E-state index in [1.54, 1.807) is 19.1 Å². The molecular weight excluding hydrogens is 343 g/mol. The van der Waals surface area contributed by atoms with Crippen molar-refractivity contribution in [3.63, 3.8) is 0 Å². The van der Waals surface area contributed by atoms with Gasteiger partial charge in [0.25, 0.3) is 0 Å². The van der Waals surface area contributed by atoms with Gasteiger partial charge in [0.05, 0.1) is 12.8 Å². The molecule has 1 heterocycles. The smallest absolute Gasteiger partial charge is 0.344 e. The number of carbonyl (C=O) groups is 1. The van der Waals surface area contributed by atoms with E-state index in [0.29, 0.717) is 11.6 Å². The molecule has 2 aromatic rings. The van der Waals surface area contributed by atoms with Crippen LogP contribution in [0, 0.1) is 0 Å². The topological polar surface area (TPSA) is 70.4 Å². The number of nitrogens with zero attached hydrogens (tertiary/aromatic N) is 2. The van der Waals surface area contributed by atoms with Gasteiger partial charge in [-0.1, -0.05) is 23.7 Å². The normalized spacial score (nSPS) is 10.4. The zero-order valence-electron chi connectivity index (χ0n) is 12.3. The minimum atomic E-state index is -0.647. The fraction of sp³-hybridized carbons (Fsp3) is 0.267. The van der Waals surface area contributed by atoms with Crippen molar-refractivity contribution in [3.8, 4) is 5.75 Å². The third-order valence-electron chi connectivity index (χ3n) is 2.83. The molecule has 0 fully saturated rings. The average Bonchev–Trinajstić information content (AvgIpc) is 2.51. The van der Waals surface area contributed by atoms with Crippen molar-refractivity contribution in [3.05, 3.63) is 56.7 Å². The summed E-state index contributed by atoms with van der Waals surface area (Å²) in [6.45, 7) is 1.93. The molecule has 1 aromatic heterocycles. The number of ether oxygens (including phenoxy) is 2. The van der Waals surface area contributed by atoms with Gasteiger partial charge >= 0.3 is 11.5 Å². The van der Waals surface area contributed by atoms with Crippen LogP contribution in [0.1, 0.15) is 12.5 Å². The number of hydrogen-bond acceptors (Lipinski definition) is 5. The first-order valence-electron chi connectivity index (χ1n) is 6.79. The summed E-state index contributed by atoms with van der Waals surface area (Å²) < 4.78 is 11.4. The summed E-state index contributed by atoms with van der Waals surface area (Å²) in [6, 6.07) is 7.16. The first-order chi connectivity index (χ1) is 11.0. The Labute approximate surface area is 142 Å². The van der Waals surface area contributed by atoms with Crippen LogP contribution in [0.25, 0.3) is 0 Å². The minimum absolute atomic E-state index is 0.0217. The average molecular weight is 357 g/mol. The molecule has 6 nitrogen and oxygen atoms in total. The van der Waals surface area contributed by atoms with Crippen LogP contribution < -0.4 is 10.3 Å². The van der Waals surface area contributed by atoms with E-state index in [2.05, 4.69) is 4.98 Å². The molecule has 0 bridgehead atoms. The Kier molecular flexibility index (Phi) is 6.01. The molecule has 0 aliphatic heterocycles. The number of esters is 1. The standard InChI is InChI=1S/C15H14Cl2N2O4/c1-2-22-13(20)9-23-12-8-19(15(17)18-14(12)21)7-10-3-5-11(16)6-4-10/h3-6,8H,2,7,9H2,1H3. The number of rotatable bonds is 6. The molecule has 0 spiro atoms. The maximum atomic E-state index is 11.8. The lowest BCUT2D eigenvalue weighted by molar-refractivity contribution is -0.145. The Morgan fingerprint density at radius 1 is 1.26 bits per heavy atom. The molecule has 0 aliphatic rings. The molecule has 1 aromatic carbocycles. The second-order valence-electron chi connectivity index (χ2n) is 4.53. The lowest BCUT2D eigenvalue weighted by atomic mass is 10.2. The molecule has 0 radical (unpaired) electrons. The van der Waals surface area contributed by atoms with Crippen LogP contribution in [0.15, 0.2) is 35.3 Å². The summed E-state index contributed by atoms with van der Waals surface area (Å²) in [5, 5.41) is 0.643. The number of hydrogen-bond donors (Lipinski definition) is 0. The van der Waals surface area contributed by atoms with Gasteiger partial charge in [-0.25, -0.2) is 4.79 Å². The highest BCUT2D eigenvalue weighted by molar-refractivity contribution is 6.30. The van der Waals surface area contributed by atoms with Crippen molar-refractivity contribution in [2.24, 2.45) is 0 Å². The molecule has 8 heteroatoms. The highest BCUT2D eigenvalue weighted by atomic mass is 35.5. The number of benzene rings is 1. The van der Waals surface area contributed by atoms with Gasteiger partial charge in [-0.2, -0.15) is 4.98 Å². The Morgan fingerprint density at radius 2 is 1.96 bits per heavy atom. The van der Waals surface area contributed by atoms with Gasteiger partial charge in [0.2, 0.25) is 11.0 Å². The summed E-state index contributed by atoms with van der Waals surface area (Å²) in [6.07, 6.45) is 1.41. The van der Waals surface area contributed by atoms with Gasteiger partial charge in [-0.15, -0.1) is 0 Å². The largest absolute Gasteiger partial charge is 0.475 e. The predicted octanol–water partition coefficient (Wildman–Crippen LogP) is 2.54. The van der Waals surface area contributed by atoms with E-state index in [9.17, 15) is 9.59 Å². The van der Waals surface area contributed by atoms with Crippen LogP contribution in [0.5, 0.6) is 5.75 Å². The zero-order valence-corrected chi connectivity index (χ0v) is 13.8. The van der Waals surface area contributed by atoms with Crippen molar-refractivity contribution in [2.45, 2.75) is 13.5 Å². The highest BCUT2D eigenvalue weighted by Crippen LogP contribution is 2.14. The maximum Gasteiger partial charge on any atom is 0.344 e. The van der Waals surface area contributed by atoms with Crippen molar-refractivity contribution in [1.82, 2.24) is 9.55 Å². The van der Waals surface area contributed by atoms with E-state index in [1.807, 2.05) is 12.1 Å². The molecule has 0 saturated heterocycles. The lowest BCUT2D eigenvalue weighted by Crippen LogP contribution is -2.21. The third-order valence-corrected chi connectivity index (χ3v) is 3.39. The minimum Gasteiger partial charge on any atom is -0.475 e. The molecule has 23 heavy (non-hydrogen) atoms. The van der Waals surface area contributed by atoms with Gasteiger partial charge in [0.1, 0.15) is 0 Å². The first-order valence-corrected chi connectivity index (χ1v) is 7.55. The summed E-state index contributed by atoms with van der Waals surface area (Å²) in [7, 11) is 0. The van der Waals surface area contributed by atoms with Crippen LogP contribution in [-0.4, -0.2) is 28.7 Å². The molecule has 0 unspecified atom stereocenters. The molecule has 0 saturated carbocycles. The summed E-state index contributed by atoms with van der Waals surface area (Å²) >= 11 is 11.8. The fourth-order valence-corrected chi connectivity index (χ4v) is 2.10. The molecule has 0 atom stereocenters. The Hall–Kier alpha value is -2.05. The Balaban J connectivity index is 2.17. The predicted molar refractivity (Wildman–Crippen MR) is 86.2 cm³/mol. The van der Waals surface area contributed by atoms with Crippen molar-refractivity contribution in [2.75, 3.05) is 13.2 Å². The van der Waals surface area contributed by atoms with E-state index in [-0.39, 0.29) is 24.2 Å². The molecule has 2 rings (SSSR count). The van der Waals surface area contributed by atoms with Crippen molar-refractivity contribution >= 4 is 29.2 Å². The Morgan fingerprint density at radius 3 is 2.61 bits per heavy atom. The highest BCUT2D eigenvalue weighted by Gasteiger charge is 2.11. The van der Waals surface area contributed by atoms with E-state index >= 15 is 0 Å². The second kappa shape index (κ2) is 7.99. The molecular formula is C15H14Cl2N2O4. The molecule has 0 N–H and O–H groups in total. The van der Waals surface area contributed by atoms with Crippen molar-refractivity contribution in [1.29, 1.82) is 0 Å². The monoisotopic (exact) mass is 356 g/mol. The third kappa shape index (κ3) is 4.97. The molecule has 0 aliphatic carbocycles. The van der Waals surface area contributed by atoms with Gasteiger partial charge in [0, 0.05) is 11.6 Å². The van der Waals surface area contributed by atoms with E-state index in [4.69, 9.17) is 32.7 Å². The second-order valence-corrected chi connectivity index (χ2v) is 5.30. The number of halogens is 2. The van der Waals surface area contributed by atoms with E-state index in [1.165, 1.54) is 10.8 Å². The summed E-state index contributed by atoms with van der Waals surface area (Å²) in [5.41, 5.74) is 0.268. The van der Waals surface area contributed by atoms with Gasteiger partial charge in [-0.3, -0.25) is 4.79 Å². The Bertz CT molecular complexity index is 744. The van der Waals surface area contributed by atoms with E-state index in [0.717, 1.165) is 5.56 Å². The zero-order chi connectivity index (χ0) is 16.8. The maximum absolute atomic E-state index is 11.8. The van der Waals surface area contributed by atoms with Crippen molar-refractivity contribution < 1.29 is 14.3 Å². The summed E-state index contributed by atoms with van der Waals surface area (Å²) in [4.78, 5) is 26.7. The van der Waals surface area contributed by atoms with Crippen LogP contribution in [0.4, 0.5) is 0 Å². The van der Waals surface area contributed by atoms with Gasteiger partial charge < -0.3 is 14.0 Å². The molecule has 0 amide bonds. The quantitative estimate of drug-likeness (QED) is 0.587. The van der Waals surface area contributed by atoms with Crippen LogP contribution >= 0.6 is 23.2 Å². The summed E-state index contributed by atoms with van der Waals surface area (Å²) in [5.74, 6) is -0.637. The fourth-order valence-electron chi connectivity index (χ4n) is 1.79. The lowest BCUT2D eigenvalue weighted by Gasteiger charge is -2.11. The SMILES string of the molecule is CCOC(=O)COc1cn(Cc2ccc(Cl)cc2)c(Cl)nc1=O.